The zero-order valence-corrected chi connectivity index (χ0v) is 9.98. The molecule has 0 unspecified atom stereocenters. The summed E-state index contributed by atoms with van der Waals surface area (Å²) in [5.41, 5.74) is 7.42. The molecule has 0 saturated carbocycles. The van der Waals surface area contributed by atoms with Gasteiger partial charge < -0.3 is 5.73 Å². The van der Waals surface area contributed by atoms with Crippen LogP contribution in [0.3, 0.4) is 0 Å². The van der Waals surface area contributed by atoms with E-state index in [0.29, 0.717) is 5.70 Å². The molecule has 0 fully saturated rings. The van der Waals surface area contributed by atoms with Gasteiger partial charge >= 0.3 is 0 Å². The molecule has 0 aliphatic rings. The first-order valence-corrected chi connectivity index (χ1v) is 5.19. The number of hydrogen-bond acceptors (Lipinski definition) is 3. The summed E-state index contributed by atoms with van der Waals surface area (Å²) in [6.07, 6.45) is 8.86. The topological polar surface area (TPSA) is 51.3 Å². The Morgan fingerprint density at radius 2 is 2.40 bits per heavy atom. The van der Waals surface area contributed by atoms with Crippen LogP contribution in [0.25, 0.3) is 6.08 Å². The van der Waals surface area contributed by atoms with Crippen molar-refractivity contribution in [1.82, 2.24) is 4.98 Å². The number of rotatable bonds is 3. The zero-order chi connectivity index (χ0) is 11.1. The van der Waals surface area contributed by atoms with Gasteiger partial charge in [-0.1, -0.05) is 12.1 Å². The highest BCUT2D eigenvalue weighted by Crippen LogP contribution is 2.08. The van der Waals surface area contributed by atoms with Gasteiger partial charge in [-0.15, -0.1) is 0 Å². The SMILES string of the molecule is CN=CC(Br)=C(N)/C=C/c1cccnc1. The third-order valence-electron chi connectivity index (χ3n) is 1.66. The molecule has 0 aromatic carbocycles. The number of nitrogens with two attached hydrogens (primary N) is 1. The summed E-state index contributed by atoms with van der Waals surface area (Å²) >= 11 is 3.32. The van der Waals surface area contributed by atoms with Gasteiger partial charge in [-0.2, -0.15) is 0 Å². The van der Waals surface area contributed by atoms with Gasteiger partial charge in [0.15, 0.2) is 0 Å². The van der Waals surface area contributed by atoms with Crippen molar-refractivity contribution in [3.05, 3.63) is 46.3 Å². The predicted molar refractivity (Wildman–Crippen MR) is 67.8 cm³/mol. The third kappa shape index (κ3) is 4.08. The van der Waals surface area contributed by atoms with Crippen molar-refractivity contribution >= 4 is 28.2 Å². The lowest BCUT2D eigenvalue weighted by molar-refractivity contribution is 1.32. The van der Waals surface area contributed by atoms with Crippen LogP contribution in [-0.2, 0) is 0 Å². The maximum absolute atomic E-state index is 5.79. The monoisotopic (exact) mass is 265 g/mol. The predicted octanol–water partition coefficient (Wildman–Crippen LogP) is 2.36. The Morgan fingerprint density at radius 3 is 3.00 bits per heavy atom. The minimum Gasteiger partial charge on any atom is -0.398 e. The van der Waals surface area contributed by atoms with Crippen molar-refractivity contribution in [1.29, 1.82) is 0 Å². The highest BCUT2D eigenvalue weighted by Gasteiger charge is 1.91. The van der Waals surface area contributed by atoms with E-state index in [2.05, 4.69) is 25.9 Å². The molecule has 0 bridgehead atoms. The first-order chi connectivity index (χ1) is 7.24. The molecule has 1 aromatic rings. The summed E-state index contributed by atoms with van der Waals surface area (Å²) in [5.74, 6) is 0. The Balaban J connectivity index is 2.78. The minimum absolute atomic E-state index is 0.629. The molecule has 2 N–H and O–H groups in total. The highest BCUT2D eigenvalue weighted by molar-refractivity contribution is 9.12. The highest BCUT2D eigenvalue weighted by atomic mass is 79.9. The van der Waals surface area contributed by atoms with Gasteiger partial charge in [0.25, 0.3) is 0 Å². The molecular weight excluding hydrogens is 254 g/mol. The van der Waals surface area contributed by atoms with Crippen LogP contribution in [0.4, 0.5) is 0 Å². The zero-order valence-electron chi connectivity index (χ0n) is 8.39. The van der Waals surface area contributed by atoms with Crippen molar-refractivity contribution in [2.45, 2.75) is 0 Å². The third-order valence-corrected chi connectivity index (χ3v) is 2.32. The fourth-order valence-corrected chi connectivity index (χ4v) is 1.26. The second-order valence-electron chi connectivity index (χ2n) is 2.81. The van der Waals surface area contributed by atoms with E-state index in [-0.39, 0.29) is 0 Å². The van der Waals surface area contributed by atoms with E-state index in [4.69, 9.17) is 5.73 Å². The fourth-order valence-electron chi connectivity index (χ4n) is 0.928. The summed E-state index contributed by atoms with van der Waals surface area (Å²) in [4.78, 5) is 7.85. The Bertz CT molecular complexity index is 394. The van der Waals surface area contributed by atoms with Gasteiger partial charge in [0.05, 0.1) is 4.48 Å². The Labute approximate surface area is 97.6 Å². The molecule has 0 radical (unpaired) electrons. The molecule has 0 aliphatic heterocycles. The van der Waals surface area contributed by atoms with Crippen molar-refractivity contribution in [2.24, 2.45) is 10.7 Å². The Kier molecular flexibility index (Phi) is 4.77. The average Bonchev–Trinajstić information content (AvgIpc) is 2.27. The van der Waals surface area contributed by atoms with Crippen LogP contribution in [0.15, 0.2) is 45.8 Å². The van der Waals surface area contributed by atoms with E-state index in [1.54, 1.807) is 25.7 Å². The fraction of sp³-hybridized carbons (Fsp3) is 0.0909. The minimum atomic E-state index is 0.629. The second-order valence-corrected chi connectivity index (χ2v) is 3.66. The van der Waals surface area contributed by atoms with Crippen molar-refractivity contribution in [2.75, 3.05) is 7.05 Å². The first-order valence-electron chi connectivity index (χ1n) is 4.39. The number of pyridine rings is 1. The van der Waals surface area contributed by atoms with Crippen LogP contribution in [0.2, 0.25) is 0 Å². The van der Waals surface area contributed by atoms with E-state index >= 15 is 0 Å². The summed E-state index contributed by atoms with van der Waals surface area (Å²) in [7, 11) is 1.69. The maximum Gasteiger partial charge on any atom is 0.0583 e. The van der Waals surface area contributed by atoms with Gasteiger partial charge in [0, 0.05) is 31.4 Å². The van der Waals surface area contributed by atoms with Gasteiger partial charge in [0.2, 0.25) is 0 Å². The van der Waals surface area contributed by atoms with Crippen LogP contribution in [0.1, 0.15) is 5.56 Å². The number of aromatic nitrogens is 1. The lowest BCUT2D eigenvalue weighted by Crippen LogP contribution is -1.96. The maximum atomic E-state index is 5.79. The van der Waals surface area contributed by atoms with Crippen LogP contribution < -0.4 is 5.73 Å². The molecule has 0 amide bonds. The molecule has 1 heterocycles. The smallest absolute Gasteiger partial charge is 0.0583 e. The quantitative estimate of drug-likeness (QED) is 0.674. The van der Waals surface area contributed by atoms with Crippen LogP contribution >= 0.6 is 15.9 Å². The van der Waals surface area contributed by atoms with Gasteiger partial charge in [-0.25, -0.2) is 0 Å². The second kappa shape index (κ2) is 6.14. The molecular formula is C11H12BrN3. The lowest BCUT2D eigenvalue weighted by atomic mass is 10.2. The first kappa shape index (κ1) is 11.7. The van der Waals surface area contributed by atoms with Crippen molar-refractivity contribution in [3.8, 4) is 0 Å². The Morgan fingerprint density at radius 1 is 1.60 bits per heavy atom. The number of nitrogens with zero attached hydrogens (tertiary/aromatic N) is 2. The molecule has 15 heavy (non-hydrogen) atoms. The number of allylic oxidation sites excluding steroid dienone is 2. The lowest BCUT2D eigenvalue weighted by Gasteiger charge is -1.95. The molecule has 0 spiro atoms. The van der Waals surface area contributed by atoms with Gasteiger partial charge in [0.1, 0.15) is 0 Å². The molecule has 0 atom stereocenters. The molecule has 0 saturated heterocycles. The molecule has 1 rings (SSSR count). The summed E-state index contributed by atoms with van der Waals surface area (Å²) in [6.45, 7) is 0. The summed E-state index contributed by atoms with van der Waals surface area (Å²) < 4.78 is 0.769. The molecule has 0 aliphatic carbocycles. The molecule has 1 aromatic heterocycles. The summed E-state index contributed by atoms with van der Waals surface area (Å²) in [6, 6.07) is 3.83. The number of aliphatic imine (C=N–C) groups is 1. The molecule has 4 heteroatoms. The van der Waals surface area contributed by atoms with E-state index in [1.807, 2.05) is 24.3 Å². The van der Waals surface area contributed by atoms with Crippen molar-refractivity contribution < 1.29 is 0 Å². The number of hydrogen-bond donors (Lipinski definition) is 1. The van der Waals surface area contributed by atoms with E-state index in [9.17, 15) is 0 Å². The standard InChI is InChI=1S/C11H12BrN3/c1-14-8-10(12)11(13)5-4-9-3-2-6-15-7-9/h2-8H,13H2,1H3/b5-4+,11-10?,14-8?. The van der Waals surface area contributed by atoms with Gasteiger partial charge in [-0.3, -0.25) is 9.98 Å². The Hall–Kier alpha value is -1.42. The largest absolute Gasteiger partial charge is 0.398 e. The normalized spacial score (nSPS) is 13.5. The number of halogens is 1. The molecule has 3 nitrogen and oxygen atoms in total. The molecule has 78 valence electrons. The average molecular weight is 266 g/mol. The van der Waals surface area contributed by atoms with Crippen LogP contribution in [0.5, 0.6) is 0 Å². The van der Waals surface area contributed by atoms with Crippen LogP contribution in [0, 0.1) is 0 Å². The van der Waals surface area contributed by atoms with Gasteiger partial charge in [-0.05, 0) is 33.6 Å². The van der Waals surface area contributed by atoms with Crippen molar-refractivity contribution in [3.63, 3.8) is 0 Å². The van der Waals surface area contributed by atoms with E-state index in [1.165, 1.54) is 0 Å². The summed E-state index contributed by atoms with van der Waals surface area (Å²) in [5, 5.41) is 0. The van der Waals surface area contributed by atoms with E-state index < -0.39 is 0 Å². The van der Waals surface area contributed by atoms with Crippen LogP contribution in [-0.4, -0.2) is 18.2 Å². The van der Waals surface area contributed by atoms with E-state index in [0.717, 1.165) is 10.0 Å².